The summed E-state index contributed by atoms with van der Waals surface area (Å²) in [6.45, 7) is 4.40. The standard InChI is InChI=1S/C28H27Cl2N5O/c1-18-5-12-23(30)24(14-18)31-28(36)35-21-10-11-22(35)16-33(15-21)17-25-27(19-6-8-20(29)9-7-19)32-26-4-2-3-13-34(25)26/h2-9,12-14,21-22H,10-11,15-17H2,1H3,(H,31,36). The van der Waals surface area contributed by atoms with E-state index in [1.165, 1.54) is 0 Å². The number of likely N-dealkylation sites (tertiary alicyclic amines) is 1. The highest BCUT2D eigenvalue weighted by molar-refractivity contribution is 6.33. The van der Waals surface area contributed by atoms with Gasteiger partial charge in [0.25, 0.3) is 0 Å². The summed E-state index contributed by atoms with van der Waals surface area (Å²) < 4.78 is 2.17. The van der Waals surface area contributed by atoms with E-state index in [1.54, 1.807) is 0 Å². The molecule has 2 bridgehead atoms. The minimum atomic E-state index is -0.0636. The van der Waals surface area contributed by atoms with Crippen LogP contribution in [0.1, 0.15) is 24.1 Å². The van der Waals surface area contributed by atoms with Crippen molar-refractivity contribution in [3.05, 3.63) is 88.2 Å². The van der Waals surface area contributed by atoms with E-state index in [-0.39, 0.29) is 18.1 Å². The minimum absolute atomic E-state index is 0.0636. The maximum atomic E-state index is 13.3. The molecule has 36 heavy (non-hydrogen) atoms. The van der Waals surface area contributed by atoms with Crippen molar-refractivity contribution >= 4 is 40.6 Å². The van der Waals surface area contributed by atoms with Gasteiger partial charge in [-0.3, -0.25) is 4.90 Å². The molecule has 1 N–H and O–H groups in total. The Morgan fingerprint density at radius 1 is 1.03 bits per heavy atom. The third-order valence-corrected chi connectivity index (χ3v) is 7.86. The molecule has 8 heteroatoms. The molecule has 0 saturated carbocycles. The number of carbonyl (C=O) groups is 1. The fourth-order valence-corrected chi connectivity index (χ4v) is 5.90. The lowest BCUT2D eigenvalue weighted by Crippen LogP contribution is -2.56. The molecular formula is C28H27Cl2N5O. The van der Waals surface area contributed by atoms with E-state index in [1.807, 2.05) is 72.5 Å². The number of anilines is 1. The van der Waals surface area contributed by atoms with Crippen molar-refractivity contribution in [2.45, 2.75) is 38.4 Å². The van der Waals surface area contributed by atoms with Crippen LogP contribution < -0.4 is 5.32 Å². The van der Waals surface area contributed by atoms with Crippen LogP contribution in [0.15, 0.2) is 66.9 Å². The van der Waals surface area contributed by atoms with Crippen molar-refractivity contribution in [1.29, 1.82) is 0 Å². The zero-order valence-corrected chi connectivity index (χ0v) is 21.5. The average Bonchev–Trinajstić information content (AvgIpc) is 3.36. The van der Waals surface area contributed by atoms with E-state index in [2.05, 4.69) is 20.8 Å². The maximum absolute atomic E-state index is 13.3. The first kappa shape index (κ1) is 23.3. The van der Waals surface area contributed by atoms with Gasteiger partial charge in [0, 0.05) is 48.5 Å². The molecule has 0 radical (unpaired) electrons. The molecular weight excluding hydrogens is 493 g/mol. The van der Waals surface area contributed by atoms with Gasteiger partial charge in [-0.1, -0.05) is 47.5 Å². The average molecular weight is 520 g/mol. The van der Waals surface area contributed by atoms with Crippen LogP contribution in [0.4, 0.5) is 10.5 Å². The monoisotopic (exact) mass is 519 g/mol. The van der Waals surface area contributed by atoms with Gasteiger partial charge in [-0.2, -0.15) is 0 Å². The molecule has 2 aromatic carbocycles. The molecule has 2 amide bonds. The highest BCUT2D eigenvalue weighted by atomic mass is 35.5. The Hall–Kier alpha value is -3.06. The number of nitrogens with one attached hydrogen (secondary N) is 1. The lowest BCUT2D eigenvalue weighted by molar-refractivity contribution is 0.0894. The number of fused-ring (bicyclic) bond motifs is 3. The summed E-state index contributed by atoms with van der Waals surface area (Å²) in [6.07, 6.45) is 4.08. The number of imidazole rings is 1. The number of urea groups is 1. The number of hydrogen-bond acceptors (Lipinski definition) is 3. The third kappa shape index (κ3) is 4.34. The largest absolute Gasteiger partial charge is 0.322 e. The molecule has 2 atom stereocenters. The van der Waals surface area contributed by atoms with Gasteiger partial charge < -0.3 is 14.6 Å². The Balaban J connectivity index is 1.23. The summed E-state index contributed by atoms with van der Waals surface area (Å²) in [4.78, 5) is 22.7. The Bertz CT molecular complexity index is 1420. The fourth-order valence-electron chi connectivity index (χ4n) is 5.61. The Labute approximate surface area is 220 Å². The summed E-state index contributed by atoms with van der Waals surface area (Å²) in [7, 11) is 0. The normalized spacial score (nSPS) is 19.7. The fraction of sp³-hybridized carbons (Fsp3) is 0.286. The number of amides is 2. The molecule has 6 nitrogen and oxygen atoms in total. The quantitative estimate of drug-likeness (QED) is 0.334. The molecule has 4 aromatic rings. The number of aromatic nitrogens is 2. The first-order chi connectivity index (χ1) is 17.5. The number of carbonyl (C=O) groups excluding carboxylic acids is 1. The van der Waals surface area contributed by atoms with Crippen molar-refractivity contribution in [2.75, 3.05) is 18.4 Å². The van der Waals surface area contributed by atoms with E-state index in [0.717, 1.165) is 60.6 Å². The summed E-state index contributed by atoms with van der Waals surface area (Å²) in [5.41, 5.74) is 5.83. The molecule has 6 rings (SSSR count). The Kier molecular flexibility index (Phi) is 6.12. The van der Waals surface area contributed by atoms with Crippen LogP contribution in [0.3, 0.4) is 0 Å². The van der Waals surface area contributed by atoms with Gasteiger partial charge in [0.1, 0.15) is 5.65 Å². The van der Waals surface area contributed by atoms with Crippen molar-refractivity contribution in [3.63, 3.8) is 0 Å². The van der Waals surface area contributed by atoms with Crippen LogP contribution in [0.2, 0.25) is 10.0 Å². The van der Waals surface area contributed by atoms with Crippen LogP contribution in [0.5, 0.6) is 0 Å². The Morgan fingerprint density at radius 2 is 1.78 bits per heavy atom. The lowest BCUT2D eigenvalue weighted by atomic mass is 10.1. The van der Waals surface area contributed by atoms with Crippen molar-refractivity contribution < 1.29 is 4.79 Å². The second kappa shape index (κ2) is 9.43. The number of nitrogens with zero attached hydrogens (tertiary/aromatic N) is 4. The smallest absolute Gasteiger partial charge is 0.316 e. The second-order valence-electron chi connectivity index (χ2n) is 9.74. The molecule has 2 fully saturated rings. The van der Waals surface area contributed by atoms with E-state index < -0.39 is 0 Å². The number of aryl methyl sites for hydroxylation is 1. The minimum Gasteiger partial charge on any atom is -0.316 e. The van der Waals surface area contributed by atoms with Crippen LogP contribution in [0, 0.1) is 6.92 Å². The predicted octanol–water partition coefficient (Wildman–Crippen LogP) is 6.50. The number of piperazine rings is 1. The zero-order chi connectivity index (χ0) is 24.8. The summed E-state index contributed by atoms with van der Waals surface area (Å²) in [6, 6.07) is 19.9. The van der Waals surface area contributed by atoms with E-state index in [9.17, 15) is 4.79 Å². The van der Waals surface area contributed by atoms with Gasteiger partial charge in [-0.25, -0.2) is 9.78 Å². The highest BCUT2D eigenvalue weighted by Gasteiger charge is 2.43. The topological polar surface area (TPSA) is 52.9 Å². The number of benzene rings is 2. The zero-order valence-electron chi connectivity index (χ0n) is 20.0. The summed E-state index contributed by atoms with van der Waals surface area (Å²) in [5, 5.41) is 4.32. The molecule has 2 unspecified atom stereocenters. The van der Waals surface area contributed by atoms with Gasteiger partial charge in [0.05, 0.1) is 22.1 Å². The van der Waals surface area contributed by atoms with Gasteiger partial charge in [-0.15, -0.1) is 0 Å². The number of halogens is 2. The molecule has 4 heterocycles. The number of hydrogen-bond donors (Lipinski definition) is 1. The van der Waals surface area contributed by atoms with E-state index in [0.29, 0.717) is 15.7 Å². The van der Waals surface area contributed by atoms with Crippen LogP contribution in [0.25, 0.3) is 16.9 Å². The first-order valence-corrected chi connectivity index (χ1v) is 13.0. The SMILES string of the molecule is Cc1ccc(Cl)c(NC(=O)N2C3CCC2CN(Cc2c(-c4ccc(Cl)cc4)nc4ccccn24)C3)c1. The Morgan fingerprint density at radius 3 is 2.53 bits per heavy atom. The highest BCUT2D eigenvalue weighted by Crippen LogP contribution is 2.34. The van der Waals surface area contributed by atoms with Gasteiger partial charge in [0.15, 0.2) is 0 Å². The van der Waals surface area contributed by atoms with Crippen molar-refractivity contribution in [2.24, 2.45) is 0 Å². The van der Waals surface area contributed by atoms with Gasteiger partial charge >= 0.3 is 6.03 Å². The van der Waals surface area contributed by atoms with E-state index >= 15 is 0 Å². The first-order valence-electron chi connectivity index (χ1n) is 12.3. The molecule has 2 aliphatic heterocycles. The molecule has 2 aliphatic rings. The third-order valence-electron chi connectivity index (χ3n) is 7.28. The molecule has 2 aromatic heterocycles. The predicted molar refractivity (Wildman–Crippen MR) is 145 cm³/mol. The number of pyridine rings is 1. The van der Waals surface area contributed by atoms with Crippen LogP contribution >= 0.6 is 23.2 Å². The van der Waals surface area contributed by atoms with Crippen molar-refractivity contribution in [3.8, 4) is 11.3 Å². The molecule has 184 valence electrons. The van der Waals surface area contributed by atoms with E-state index in [4.69, 9.17) is 28.2 Å². The number of rotatable bonds is 4. The van der Waals surface area contributed by atoms with Crippen molar-refractivity contribution in [1.82, 2.24) is 19.2 Å². The molecule has 0 aliphatic carbocycles. The second-order valence-corrected chi connectivity index (χ2v) is 10.6. The maximum Gasteiger partial charge on any atom is 0.322 e. The van der Waals surface area contributed by atoms with Crippen LogP contribution in [-0.2, 0) is 6.54 Å². The van der Waals surface area contributed by atoms with Crippen LogP contribution in [-0.4, -0.2) is 50.4 Å². The van der Waals surface area contributed by atoms with Gasteiger partial charge in [0.2, 0.25) is 0 Å². The summed E-state index contributed by atoms with van der Waals surface area (Å²) >= 11 is 12.5. The summed E-state index contributed by atoms with van der Waals surface area (Å²) in [5.74, 6) is 0. The molecule has 2 saturated heterocycles. The molecule has 0 spiro atoms. The lowest BCUT2D eigenvalue weighted by Gasteiger charge is -2.41. The van der Waals surface area contributed by atoms with Gasteiger partial charge in [-0.05, 0) is 61.7 Å².